The van der Waals surface area contributed by atoms with Gasteiger partial charge >= 0.3 is 5.97 Å². The number of methoxy groups -OCH3 is 1. The topological polar surface area (TPSA) is 81.4 Å². The monoisotopic (exact) mass is 256 g/mol. The second-order valence-electron chi connectivity index (χ2n) is 3.49. The van der Waals surface area contributed by atoms with Gasteiger partial charge < -0.3 is 15.8 Å². The zero-order valence-electron chi connectivity index (χ0n) is 9.86. The Morgan fingerprint density at radius 1 is 1.59 bits per heavy atom. The molecule has 1 rings (SSSR count). The number of hydrogen-bond donors (Lipinski definition) is 2. The summed E-state index contributed by atoms with van der Waals surface area (Å²) in [5.41, 5.74) is 5.97. The molecule has 0 aliphatic carbocycles. The molecule has 0 fully saturated rings. The second kappa shape index (κ2) is 6.36. The van der Waals surface area contributed by atoms with Crippen molar-refractivity contribution in [2.45, 2.75) is 13.3 Å². The van der Waals surface area contributed by atoms with Gasteiger partial charge in [-0.1, -0.05) is 6.92 Å². The van der Waals surface area contributed by atoms with Crippen LogP contribution >= 0.6 is 11.3 Å². The zero-order valence-corrected chi connectivity index (χ0v) is 10.7. The highest BCUT2D eigenvalue weighted by Crippen LogP contribution is 2.23. The van der Waals surface area contributed by atoms with Gasteiger partial charge in [0.1, 0.15) is 4.88 Å². The third-order valence-electron chi connectivity index (χ3n) is 2.44. The second-order valence-corrected chi connectivity index (χ2v) is 4.40. The molecule has 0 bridgehead atoms. The summed E-state index contributed by atoms with van der Waals surface area (Å²) in [4.78, 5) is 23.6. The number of rotatable bonds is 5. The molecular weight excluding hydrogens is 240 g/mol. The Morgan fingerprint density at radius 2 is 2.29 bits per heavy atom. The molecule has 0 radical (unpaired) electrons. The Morgan fingerprint density at radius 3 is 2.82 bits per heavy atom. The van der Waals surface area contributed by atoms with Crippen molar-refractivity contribution in [1.82, 2.24) is 0 Å². The maximum Gasteiger partial charge on any atom is 0.350 e. The minimum atomic E-state index is -0.448. The molecule has 6 heteroatoms. The number of esters is 1. The van der Waals surface area contributed by atoms with Gasteiger partial charge in [0.05, 0.1) is 18.7 Å². The molecule has 0 saturated heterocycles. The Balaban J connectivity index is 2.78. The molecule has 0 aromatic carbocycles. The maximum absolute atomic E-state index is 11.8. The Bertz CT molecular complexity index is 399. The number of carbonyl (C=O) groups excluding carboxylic acids is 2. The number of carbonyl (C=O) groups is 2. The SMILES string of the molecule is CCC(CN)C(=O)Nc1ccsc1C(=O)OC. The number of amides is 1. The van der Waals surface area contributed by atoms with Gasteiger partial charge in [-0.25, -0.2) is 4.79 Å². The van der Waals surface area contributed by atoms with Crippen LogP contribution in [0.25, 0.3) is 0 Å². The summed E-state index contributed by atoms with van der Waals surface area (Å²) >= 11 is 1.23. The van der Waals surface area contributed by atoms with E-state index in [1.54, 1.807) is 11.4 Å². The molecule has 17 heavy (non-hydrogen) atoms. The summed E-state index contributed by atoms with van der Waals surface area (Å²) in [5.74, 6) is -0.852. The van der Waals surface area contributed by atoms with Crippen molar-refractivity contribution in [3.8, 4) is 0 Å². The number of hydrogen-bond acceptors (Lipinski definition) is 5. The van der Waals surface area contributed by atoms with E-state index in [2.05, 4.69) is 10.1 Å². The number of ether oxygens (including phenoxy) is 1. The molecule has 0 aliphatic rings. The highest BCUT2D eigenvalue weighted by molar-refractivity contribution is 7.12. The van der Waals surface area contributed by atoms with E-state index >= 15 is 0 Å². The molecular formula is C11H16N2O3S. The van der Waals surface area contributed by atoms with Crippen LogP contribution in [0.2, 0.25) is 0 Å². The van der Waals surface area contributed by atoms with E-state index in [-0.39, 0.29) is 11.8 Å². The van der Waals surface area contributed by atoms with Crippen molar-refractivity contribution < 1.29 is 14.3 Å². The van der Waals surface area contributed by atoms with Gasteiger partial charge in [0.2, 0.25) is 5.91 Å². The fourth-order valence-corrected chi connectivity index (χ4v) is 2.12. The van der Waals surface area contributed by atoms with Gasteiger partial charge in [0, 0.05) is 6.54 Å². The minimum Gasteiger partial charge on any atom is -0.465 e. The number of nitrogens with one attached hydrogen (secondary N) is 1. The smallest absolute Gasteiger partial charge is 0.350 e. The molecule has 1 heterocycles. The van der Waals surface area contributed by atoms with Crippen molar-refractivity contribution in [2.24, 2.45) is 11.7 Å². The Kier molecular flexibility index (Phi) is 5.11. The molecule has 1 amide bonds. The summed E-state index contributed by atoms with van der Waals surface area (Å²) in [6.07, 6.45) is 0.667. The third kappa shape index (κ3) is 3.28. The van der Waals surface area contributed by atoms with Crippen molar-refractivity contribution in [3.05, 3.63) is 16.3 Å². The lowest BCUT2D eigenvalue weighted by Gasteiger charge is -2.12. The first-order valence-corrected chi connectivity index (χ1v) is 6.18. The van der Waals surface area contributed by atoms with Crippen LogP contribution in [0.5, 0.6) is 0 Å². The van der Waals surface area contributed by atoms with Crippen LogP contribution in [-0.4, -0.2) is 25.5 Å². The van der Waals surface area contributed by atoms with Gasteiger partial charge in [0.15, 0.2) is 0 Å². The van der Waals surface area contributed by atoms with Gasteiger partial charge in [-0.2, -0.15) is 0 Å². The summed E-state index contributed by atoms with van der Waals surface area (Å²) in [6, 6.07) is 1.68. The summed E-state index contributed by atoms with van der Waals surface area (Å²) in [5, 5.41) is 4.43. The van der Waals surface area contributed by atoms with Crippen molar-refractivity contribution >= 4 is 28.9 Å². The highest BCUT2D eigenvalue weighted by Gasteiger charge is 2.19. The summed E-state index contributed by atoms with van der Waals surface area (Å²) in [7, 11) is 1.31. The van der Waals surface area contributed by atoms with E-state index in [1.807, 2.05) is 6.92 Å². The van der Waals surface area contributed by atoms with Crippen LogP contribution in [0.3, 0.4) is 0 Å². The molecule has 3 N–H and O–H groups in total. The predicted molar refractivity (Wildman–Crippen MR) is 67.1 cm³/mol. The van der Waals surface area contributed by atoms with E-state index < -0.39 is 5.97 Å². The third-order valence-corrected chi connectivity index (χ3v) is 3.34. The highest BCUT2D eigenvalue weighted by atomic mass is 32.1. The first-order chi connectivity index (χ1) is 8.13. The van der Waals surface area contributed by atoms with Crippen molar-refractivity contribution in [3.63, 3.8) is 0 Å². The van der Waals surface area contributed by atoms with Crippen LogP contribution in [-0.2, 0) is 9.53 Å². The molecule has 1 aromatic heterocycles. The number of thiophene rings is 1. The fourth-order valence-electron chi connectivity index (χ4n) is 1.35. The minimum absolute atomic E-state index is 0.168. The summed E-state index contributed by atoms with van der Waals surface area (Å²) in [6.45, 7) is 2.19. The van der Waals surface area contributed by atoms with E-state index in [0.29, 0.717) is 23.5 Å². The molecule has 0 aliphatic heterocycles. The molecule has 0 spiro atoms. The molecule has 1 aromatic rings. The van der Waals surface area contributed by atoms with Crippen LogP contribution < -0.4 is 11.1 Å². The zero-order chi connectivity index (χ0) is 12.8. The fraction of sp³-hybridized carbons (Fsp3) is 0.455. The molecule has 1 atom stereocenters. The molecule has 94 valence electrons. The Hall–Kier alpha value is -1.40. The quantitative estimate of drug-likeness (QED) is 0.781. The predicted octanol–water partition coefficient (Wildman–Crippen LogP) is 1.46. The average Bonchev–Trinajstić information content (AvgIpc) is 2.77. The van der Waals surface area contributed by atoms with Crippen molar-refractivity contribution in [1.29, 1.82) is 0 Å². The first kappa shape index (κ1) is 13.7. The van der Waals surface area contributed by atoms with E-state index in [4.69, 9.17) is 5.73 Å². The average molecular weight is 256 g/mol. The lowest BCUT2D eigenvalue weighted by atomic mass is 10.1. The standard InChI is InChI=1S/C11H16N2O3S/c1-3-7(6-12)10(14)13-8-4-5-17-9(8)11(15)16-2/h4-5,7H,3,6,12H2,1-2H3,(H,13,14). The van der Waals surface area contributed by atoms with Crippen LogP contribution in [0.4, 0.5) is 5.69 Å². The maximum atomic E-state index is 11.8. The van der Waals surface area contributed by atoms with E-state index in [1.165, 1.54) is 18.4 Å². The van der Waals surface area contributed by atoms with Gasteiger partial charge in [-0.15, -0.1) is 11.3 Å². The normalized spacial score (nSPS) is 11.9. The lowest BCUT2D eigenvalue weighted by molar-refractivity contribution is -0.119. The van der Waals surface area contributed by atoms with Gasteiger partial charge in [-0.3, -0.25) is 4.79 Å². The first-order valence-electron chi connectivity index (χ1n) is 5.30. The van der Waals surface area contributed by atoms with E-state index in [0.717, 1.165) is 0 Å². The number of nitrogens with two attached hydrogens (primary N) is 1. The van der Waals surface area contributed by atoms with Crippen LogP contribution in [0.1, 0.15) is 23.0 Å². The molecule has 5 nitrogen and oxygen atoms in total. The van der Waals surface area contributed by atoms with Crippen LogP contribution in [0, 0.1) is 5.92 Å². The van der Waals surface area contributed by atoms with E-state index in [9.17, 15) is 9.59 Å². The molecule has 1 unspecified atom stereocenters. The lowest BCUT2D eigenvalue weighted by Crippen LogP contribution is -2.29. The largest absolute Gasteiger partial charge is 0.465 e. The van der Waals surface area contributed by atoms with Gasteiger partial charge in [0.25, 0.3) is 0 Å². The van der Waals surface area contributed by atoms with Gasteiger partial charge in [-0.05, 0) is 17.9 Å². The summed E-state index contributed by atoms with van der Waals surface area (Å²) < 4.78 is 4.63. The van der Waals surface area contributed by atoms with Crippen LogP contribution in [0.15, 0.2) is 11.4 Å². The Labute approximate surface area is 104 Å². The molecule has 0 saturated carbocycles. The number of anilines is 1. The van der Waals surface area contributed by atoms with Crippen molar-refractivity contribution in [2.75, 3.05) is 19.0 Å².